The van der Waals surface area contributed by atoms with Gasteiger partial charge in [0.15, 0.2) is 0 Å². The summed E-state index contributed by atoms with van der Waals surface area (Å²) < 4.78 is 19.0. The Hall–Kier alpha value is -3.10. The molecule has 10 heteroatoms. The summed E-state index contributed by atoms with van der Waals surface area (Å²) in [6.07, 6.45) is 0. The van der Waals surface area contributed by atoms with Gasteiger partial charge in [-0.1, -0.05) is 35.3 Å². The van der Waals surface area contributed by atoms with Gasteiger partial charge in [-0.15, -0.1) is 0 Å². The Kier molecular flexibility index (Phi) is 5.36. The first kappa shape index (κ1) is 20.2. The lowest BCUT2D eigenvalue weighted by molar-refractivity contribution is -0.136. The predicted molar refractivity (Wildman–Crippen MR) is 107 cm³/mol. The van der Waals surface area contributed by atoms with E-state index >= 15 is 0 Å². The number of nitrogens with zero attached hydrogens (tertiary/aromatic N) is 1. The second kappa shape index (κ2) is 7.97. The van der Waals surface area contributed by atoms with Crippen molar-refractivity contribution in [1.29, 1.82) is 0 Å². The van der Waals surface area contributed by atoms with Crippen molar-refractivity contribution < 1.29 is 23.5 Å². The fourth-order valence-corrected chi connectivity index (χ4v) is 3.59. The molecular formula is C20H14Cl2FN3O4. The van der Waals surface area contributed by atoms with E-state index in [4.69, 9.17) is 27.9 Å². The summed E-state index contributed by atoms with van der Waals surface area (Å²) in [6.45, 7) is -0.578. The number of anilines is 1. The van der Waals surface area contributed by atoms with Gasteiger partial charge in [-0.3, -0.25) is 9.69 Å². The van der Waals surface area contributed by atoms with E-state index < -0.39 is 36.3 Å². The highest BCUT2D eigenvalue weighted by atomic mass is 35.5. The maximum absolute atomic E-state index is 13.9. The summed E-state index contributed by atoms with van der Waals surface area (Å²) in [5.41, 5.74) is 1.10. The highest BCUT2D eigenvalue weighted by molar-refractivity contribution is 6.30. The molecule has 0 fully saturated rings. The number of halogens is 3. The van der Waals surface area contributed by atoms with Crippen LogP contribution in [0.2, 0.25) is 10.0 Å². The summed E-state index contributed by atoms with van der Waals surface area (Å²) in [5, 5.41) is 5.79. The Bertz CT molecular complexity index is 1090. The molecule has 0 aliphatic carbocycles. The van der Waals surface area contributed by atoms with Gasteiger partial charge in [0.1, 0.15) is 19.0 Å². The van der Waals surface area contributed by atoms with Crippen LogP contribution in [0.15, 0.2) is 53.7 Å². The van der Waals surface area contributed by atoms with E-state index in [0.29, 0.717) is 10.6 Å². The number of urea groups is 1. The lowest BCUT2D eigenvalue weighted by Gasteiger charge is -2.32. The van der Waals surface area contributed by atoms with E-state index in [0.717, 1.165) is 11.0 Å². The van der Waals surface area contributed by atoms with Crippen LogP contribution < -0.4 is 10.6 Å². The zero-order valence-corrected chi connectivity index (χ0v) is 16.8. The molecule has 2 aliphatic heterocycles. The molecule has 0 radical (unpaired) electrons. The number of carbonyl (C=O) groups excluding carboxylic acids is 3. The molecular weight excluding hydrogens is 436 g/mol. The number of benzene rings is 2. The molecule has 154 valence electrons. The molecule has 2 aromatic rings. The minimum atomic E-state index is -0.729. The van der Waals surface area contributed by atoms with Crippen molar-refractivity contribution in [2.24, 2.45) is 0 Å². The Morgan fingerprint density at radius 1 is 1.17 bits per heavy atom. The quantitative estimate of drug-likeness (QED) is 0.697. The van der Waals surface area contributed by atoms with E-state index in [2.05, 4.69) is 10.6 Å². The minimum absolute atomic E-state index is 0.0752. The number of nitrogens with one attached hydrogen (secondary N) is 2. The van der Waals surface area contributed by atoms with Crippen molar-refractivity contribution in [3.8, 4) is 0 Å². The van der Waals surface area contributed by atoms with Gasteiger partial charge in [-0.2, -0.15) is 0 Å². The molecule has 0 aromatic heterocycles. The number of ether oxygens (including phenoxy) is 1. The van der Waals surface area contributed by atoms with Crippen molar-refractivity contribution in [2.45, 2.75) is 6.04 Å². The third kappa shape index (κ3) is 3.83. The van der Waals surface area contributed by atoms with Gasteiger partial charge in [0.05, 0.1) is 23.0 Å². The minimum Gasteiger partial charge on any atom is -0.456 e. The van der Waals surface area contributed by atoms with Crippen LogP contribution in [0.5, 0.6) is 0 Å². The summed E-state index contributed by atoms with van der Waals surface area (Å²) in [4.78, 5) is 38.6. The van der Waals surface area contributed by atoms with E-state index in [1.165, 1.54) is 12.1 Å². The second-order valence-electron chi connectivity index (χ2n) is 6.63. The molecule has 0 saturated heterocycles. The van der Waals surface area contributed by atoms with E-state index in [1.807, 2.05) is 0 Å². The maximum Gasteiger partial charge on any atom is 0.338 e. The number of rotatable bonds is 4. The van der Waals surface area contributed by atoms with Gasteiger partial charge < -0.3 is 15.4 Å². The largest absolute Gasteiger partial charge is 0.456 e. The van der Waals surface area contributed by atoms with Gasteiger partial charge in [0.2, 0.25) is 5.91 Å². The number of esters is 1. The molecule has 2 aliphatic rings. The highest BCUT2D eigenvalue weighted by Gasteiger charge is 2.42. The van der Waals surface area contributed by atoms with E-state index in [1.54, 1.807) is 24.3 Å². The number of carbonyl (C=O) groups is 3. The van der Waals surface area contributed by atoms with Crippen LogP contribution in [0.25, 0.3) is 0 Å². The molecule has 0 spiro atoms. The Balaban J connectivity index is 1.59. The molecule has 3 amide bonds. The van der Waals surface area contributed by atoms with Gasteiger partial charge in [-0.05, 0) is 35.9 Å². The van der Waals surface area contributed by atoms with E-state index in [-0.39, 0.29) is 28.6 Å². The molecule has 0 saturated carbocycles. The van der Waals surface area contributed by atoms with Crippen LogP contribution in [0.3, 0.4) is 0 Å². The van der Waals surface area contributed by atoms with Crippen LogP contribution in [0.1, 0.15) is 11.6 Å². The molecule has 4 rings (SSSR count). The lowest BCUT2D eigenvalue weighted by atomic mass is 9.96. The summed E-state index contributed by atoms with van der Waals surface area (Å²) >= 11 is 11.6. The molecule has 2 heterocycles. The summed E-state index contributed by atoms with van der Waals surface area (Å²) in [6, 6.07) is 9.15. The molecule has 0 unspecified atom stereocenters. The topological polar surface area (TPSA) is 87.7 Å². The lowest BCUT2D eigenvalue weighted by Crippen LogP contribution is -2.49. The second-order valence-corrected chi connectivity index (χ2v) is 7.50. The fourth-order valence-electron chi connectivity index (χ4n) is 3.31. The normalized spacial score (nSPS) is 18.1. The first-order valence-corrected chi connectivity index (χ1v) is 9.57. The maximum atomic E-state index is 13.9. The number of hydrogen-bond donors (Lipinski definition) is 2. The Labute approximate surface area is 180 Å². The Morgan fingerprint density at radius 2 is 1.87 bits per heavy atom. The van der Waals surface area contributed by atoms with Crippen LogP contribution in [0, 0.1) is 5.82 Å². The van der Waals surface area contributed by atoms with Gasteiger partial charge >= 0.3 is 12.0 Å². The first-order valence-electron chi connectivity index (χ1n) is 8.82. The van der Waals surface area contributed by atoms with Crippen molar-refractivity contribution in [3.63, 3.8) is 0 Å². The third-order valence-corrected chi connectivity index (χ3v) is 5.20. The zero-order chi connectivity index (χ0) is 21.4. The first-order chi connectivity index (χ1) is 14.3. The molecule has 2 N–H and O–H groups in total. The Morgan fingerprint density at radius 3 is 2.57 bits per heavy atom. The number of cyclic esters (lactones) is 1. The molecule has 0 bridgehead atoms. The summed E-state index contributed by atoms with van der Waals surface area (Å²) in [7, 11) is 0. The highest BCUT2D eigenvalue weighted by Crippen LogP contribution is 2.35. The van der Waals surface area contributed by atoms with Crippen molar-refractivity contribution >= 4 is 46.8 Å². The van der Waals surface area contributed by atoms with Crippen molar-refractivity contribution in [3.05, 3.63) is 75.2 Å². The van der Waals surface area contributed by atoms with Gasteiger partial charge in [-0.25, -0.2) is 14.0 Å². The molecule has 2 aromatic carbocycles. The number of amides is 3. The standard InChI is InChI=1S/C20H14Cl2FN3O4/c21-11-3-1-10(2-4-11)18-17-15(9-30-19(17)28)26(20(29)25-18)8-16(27)24-14-6-5-12(22)7-13(14)23/h1-7,18H,8-9H2,(H,24,27)(H,25,29)/t18-/m1/s1. The number of hydrogen-bond acceptors (Lipinski definition) is 4. The third-order valence-electron chi connectivity index (χ3n) is 4.71. The molecule has 30 heavy (non-hydrogen) atoms. The predicted octanol–water partition coefficient (Wildman–Crippen LogP) is 3.65. The zero-order valence-electron chi connectivity index (χ0n) is 15.2. The van der Waals surface area contributed by atoms with Gasteiger partial charge in [0, 0.05) is 10.0 Å². The smallest absolute Gasteiger partial charge is 0.338 e. The van der Waals surface area contributed by atoms with Crippen LogP contribution in [0.4, 0.5) is 14.9 Å². The van der Waals surface area contributed by atoms with Crippen LogP contribution in [-0.2, 0) is 14.3 Å². The molecule has 1 atom stereocenters. The monoisotopic (exact) mass is 449 g/mol. The van der Waals surface area contributed by atoms with Crippen molar-refractivity contribution in [1.82, 2.24) is 10.2 Å². The van der Waals surface area contributed by atoms with Crippen LogP contribution >= 0.6 is 23.2 Å². The van der Waals surface area contributed by atoms with Crippen LogP contribution in [-0.4, -0.2) is 36.0 Å². The fraction of sp³-hybridized carbons (Fsp3) is 0.150. The average Bonchev–Trinajstić information content (AvgIpc) is 3.08. The average molecular weight is 450 g/mol. The van der Waals surface area contributed by atoms with Crippen molar-refractivity contribution in [2.75, 3.05) is 18.5 Å². The van der Waals surface area contributed by atoms with E-state index in [9.17, 15) is 18.8 Å². The molecule has 7 nitrogen and oxygen atoms in total. The summed E-state index contributed by atoms with van der Waals surface area (Å²) in [5.74, 6) is -1.94. The van der Waals surface area contributed by atoms with Gasteiger partial charge in [0.25, 0.3) is 0 Å². The SMILES string of the molecule is O=C(CN1C(=O)N[C@H](c2ccc(Cl)cc2)C2=C1COC2=O)Nc1ccc(Cl)cc1F.